The van der Waals surface area contributed by atoms with Gasteiger partial charge in [-0.15, -0.1) is 24.0 Å². The van der Waals surface area contributed by atoms with Gasteiger partial charge in [0.2, 0.25) is 5.88 Å². The molecule has 2 heterocycles. The van der Waals surface area contributed by atoms with E-state index in [9.17, 15) is 0 Å². The Morgan fingerprint density at radius 1 is 1.26 bits per heavy atom. The molecule has 0 saturated carbocycles. The number of nitrogens with one attached hydrogen (secondary N) is 2. The summed E-state index contributed by atoms with van der Waals surface area (Å²) in [5.74, 6) is 1.18. The van der Waals surface area contributed by atoms with Crippen molar-refractivity contribution in [2.24, 2.45) is 4.99 Å². The minimum atomic E-state index is 0. The average Bonchev–Trinajstić information content (AvgIpc) is 3.04. The van der Waals surface area contributed by atoms with Crippen molar-refractivity contribution in [2.45, 2.75) is 6.54 Å². The lowest BCUT2D eigenvalue weighted by atomic mass is 10.5. The van der Waals surface area contributed by atoms with Crippen molar-refractivity contribution < 1.29 is 4.74 Å². The topological polar surface area (TPSA) is 63.5 Å². The third-order valence-corrected chi connectivity index (χ3v) is 3.20. The fourth-order valence-electron chi connectivity index (χ4n) is 1.84. The molecule has 0 bridgehead atoms. The number of guanidine groups is 1. The summed E-state index contributed by atoms with van der Waals surface area (Å²) in [4.78, 5) is 8.22. The lowest BCUT2D eigenvalue weighted by Crippen LogP contribution is -2.40. The van der Waals surface area contributed by atoms with Crippen molar-refractivity contribution >= 4 is 41.5 Å². The molecule has 0 aliphatic carbocycles. The first-order chi connectivity index (χ1) is 10.8. The van der Waals surface area contributed by atoms with Gasteiger partial charge >= 0.3 is 0 Å². The number of rotatable bonds is 7. The zero-order valence-corrected chi connectivity index (χ0v) is 16.0. The zero-order valence-electron chi connectivity index (χ0n) is 12.9. The number of ether oxygens (including phenoxy) is 1. The molecule has 2 rings (SSSR count). The van der Waals surface area contributed by atoms with Crippen LogP contribution in [-0.2, 0) is 6.54 Å². The predicted molar refractivity (Wildman–Crippen MR) is 104 cm³/mol. The minimum absolute atomic E-state index is 0. The molecule has 0 aliphatic heterocycles. The van der Waals surface area contributed by atoms with Gasteiger partial charge in [0.25, 0.3) is 0 Å². The summed E-state index contributed by atoms with van der Waals surface area (Å²) >= 11 is 5.96. The van der Waals surface area contributed by atoms with Gasteiger partial charge in [0.05, 0.1) is 6.54 Å². The van der Waals surface area contributed by atoms with E-state index in [-0.39, 0.29) is 24.0 Å². The molecule has 8 heteroatoms. The van der Waals surface area contributed by atoms with E-state index in [1.807, 2.05) is 24.5 Å². The normalized spacial score (nSPS) is 10.8. The van der Waals surface area contributed by atoms with E-state index in [2.05, 4.69) is 25.2 Å². The maximum atomic E-state index is 5.96. The second kappa shape index (κ2) is 11.1. The van der Waals surface area contributed by atoms with Crippen LogP contribution in [0.4, 0.5) is 0 Å². The van der Waals surface area contributed by atoms with Crippen molar-refractivity contribution in [1.82, 2.24) is 20.2 Å². The van der Waals surface area contributed by atoms with Crippen LogP contribution in [0.1, 0.15) is 0 Å². The molecule has 6 nitrogen and oxygen atoms in total. The summed E-state index contributed by atoms with van der Waals surface area (Å²) < 4.78 is 7.61. The first-order valence-electron chi connectivity index (χ1n) is 7.08. The Hall–Kier alpha value is -1.48. The molecule has 2 aromatic heterocycles. The number of aliphatic imine (C=N–C) groups is 1. The van der Waals surface area contributed by atoms with Gasteiger partial charge in [-0.3, -0.25) is 4.99 Å². The first-order valence-corrected chi connectivity index (χ1v) is 7.46. The molecule has 0 amide bonds. The molecule has 0 unspecified atom stereocenters. The van der Waals surface area contributed by atoms with Crippen LogP contribution in [0.25, 0.3) is 0 Å². The molecule has 2 aromatic rings. The SMILES string of the molecule is CN=C(NCCOc1ncccc1Cl)NCCn1cccc1.I. The summed E-state index contributed by atoms with van der Waals surface area (Å²) in [6.07, 6.45) is 5.71. The Morgan fingerprint density at radius 3 is 2.70 bits per heavy atom. The number of halogens is 2. The molecule has 126 valence electrons. The van der Waals surface area contributed by atoms with E-state index in [4.69, 9.17) is 16.3 Å². The molecule has 0 saturated heterocycles. The highest BCUT2D eigenvalue weighted by Crippen LogP contribution is 2.19. The fraction of sp³-hybridized carbons (Fsp3) is 0.333. The second-order valence-electron chi connectivity index (χ2n) is 4.49. The standard InChI is InChI=1S/C15H20ClN5O.HI/c1-17-15(19-7-11-21-9-2-3-10-21)20-8-12-22-14-13(16)5-4-6-18-14;/h2-6,9-10H,7-8,11-12H2,1H3,(H2,17,19,20);1H. The summed E-state index contributed by atoms with van der Waals surface area (Å²) in [6.45, 7) is 2.74. The van der Waals surface area contributed by atoms with Crippen LogP contribution in [0.2, 0.25) is 5.02 Å². The highest BCUT2D eigenvalue weighted by atomic mass is 127. The second-order valence-corrected chi connectivity index (χ2v) is 4.89. The van der Waals surface area contributed by atoms with Crippen molar-refractivity contribution in [1.29, 1.82) is 0 Å². The molecule has 0 spiro atoms. The van der Waals surface area contributed by atoms with Crippen LogP contribution in [-0.4, -0.2) is 42.3 Å². The summed E-state index contributed by atoms with van der Waals surface area (Å²) in [6, 6.07) is 7.53. The Kier molecular flexibility index (Phi) is 9.46. The number of hydrogen-bond donors (Lipinski definition) is 2. The van der Waals surface area contributed by atoms with Crippen molar-refractivity contribution in [3.63, 3.8) is 0 Å². The molecule has 23 heavy (non-hydrogen) atoms. The maximum absolute atomic E-state index is 5.96. The Balaban J connectivity index is 0.00000264. The molecule has 0 atom stereocenters. The van der Waals surface area contributed by atoms with Gasteiger partial charge in [0, 0.05) is 38.7 Å². The average molecular weight is 450 g/mol. The quantitative estimate of drug-likeness (QED) is 0.295. The number of aromatic nitrogens is 2. The molecular weight excluding hydrogens is 429 g/mol. The van der Waals surface area contributed by atoms with E-state index in [0.29, 0.717) is 24.1 Å². The molecule has 0 radical (unpaired) electrons. The van der Waals surface area contributed by atoms with Gasteiger partial charge in [-0.25, -0.2) is 4.98 Å². The van der Waals surface area contributed by atoms with Gasteiger partial charge in [0.15, 0.2) is 5.96 Å². The number of pyridine rings is 1. The van der Waals surface area contributed by atoms with Crippen LogP contribution in [0.5, 0.6) is 5.88 Å². The predicted octanol–water partition coefficient (Wildman–Crippen LogP) is 2.40. The monoisotopic (exact) mass is 449 g/mol. The highest BCUT2D eigenvalue weighted by Gasteiger charge is 2.01. The van der Waals surface area contributed by atoms with Crippen LogP contribution in [0.15, 0.2) is 47.8 Å². The van der Waals surface area contributed by atoms with Gasteiger partial charge < -0.3 is 19.9 Å². The lowest BCUT2D eigenvalue weighted by Gasteiger charge is -2.12. The maximum Gasteiger partial charge on any atom is 0.232 e. The lowest BCUT2D eigenvalue weighted by molar-refractivity contribution is 0.310. The van der Waals surface area contributed by atoms with Crippen LogP contribution < -0.4 is 15.4 Å². The molecule has 0 fully saturated rings. The molecular formula is C15H21ClIN5O. The zero-order chi connectivity index (χ0) is 15.6. The Bertz CT molecular complexity index is 591. The Morgan fingerprint density at radius 2 is 2.00 bits per heavy atom. The highest BCUT2D eigenvalue weighted by molar-refractivity contribution is 14.0. The van der Waals surface area contributed by atoms with Crippen molar-refractivity contribution in [3.8, 4) is 5.88 Å². The van der Waals surface area contributed by atoms with E-state index >= 15 is 0 Å². The largest absolute Gasteiger partial charge is 0.475 e. The number of nitrogens with zero attached hydrogens (tertiary/aromatic N) is 3. The van der Waals surface area contributed by atoms with E-state index < -0.39 is 0 Å². The van der Waals surface area contributed by atoms with Gasteiger partial charge in [-0.2, -0.15) is 0 Å². The van der Waals surface area contributed by atoms with Crippen LogP contribution >= 0.6 is 35.6 Å². The molecule has 0 aromatic carbocycles. The first kappa shape index (κ1) is 19.6. The molecule has 0 aliphatic rings. The summed E-state index contributed by atoms with van der Waals surface area (Å²) in [5.41, 5.74) is 0. The van der Waals surface area contributed by atoms with Crippen molar-refractivity contribution in [3.05, 3.63) is 47.9 Å². The van der Waals surface area contributed by atoms with E-state index in [1.54, 1.807) is 25.4 Å². The summed E-state index contributed by atoms with van der Waals surface area (Å²) in [7, 11) is 1.74. The Labute approximate surface area is 158 Å². The van der Waals surface area contributed by atoms with Crippen molar-refractivity contribution in [2.75, 3.05) is 26.7 Å². The minimum Gasteiger partial charge on any atom is -0.475 e. The van der Waals surface area contributed by atoms with Crippen LogP contribution in [0.3, 0.4) is 0 Å². The third-order valence-electron chi connectivity index (χ3n) is 2.91. The van der Waals surface area contributed by atoms with Gasteiger partial charge in [-0.05, 0) is 24.3 Å². The summed E-state index contributed by atoms with van der Waals surface area (Å²) in [5, 5.41) is 6.92. The van der Waals surface area contributed by atoms with Gasteiger partial charge in [0.1, 0.15) is 11.6 Å². The third kappa shape index (κ3) is 7.08. The van der Waals surface area contributed by atoms with Gasteiger partial charge in [-0.1, -0.05) is 11.6 Å². The smallest absolute Gasteiger partial charge is 0.232 e. The van der Waals surface area contributed by atoms with E-state index in [0.717, 1.165) is 19.0 Å². The van der Waals surface area contributed by atoms with E-state index in [1.165, 1.54) is 0 Å². The van der Waals surface area contributed by atoms with Crippen LogP contribution in [0, 0.1) is 0 Å². The number of hydrogen-bond acceptors (Lipinski definition) is 3. The fourth-order valence-corrected chi connectivity index (χ4v) is 2.01. The molecule has 2 N–H and O–H groups in total.